The summed E-state index contributed by atoms with van der Waals surface area (Å²) in [7, 11) is 1.24. The minimum Gasteiger partial charge on any atom is -0.479 e. The summed E-state index contributed by atoms with van der Waals surface area (Å²) < 4.78 is 9.70. The van der Waals surface area contributed by atoms with Gasteiger partial charge in [0.1, 0.15) is 5.75 Å². The van der Waals surface area contributed by atoms with Crippen LogP contribution in [0.25, 0.3) is 0 Å². The van der Waals surface area contributed by atoms with Crippen LogP contribution in [-0.2, 0) is 9.53 Å². The largest absolute Gasteiger partial charge is 0.479 e. The zero-order valence-corrected chi connectivity index (χ0v) is 9.47. The van der Waals surface area contributed by atoms with Crippen molar-refractivity contribution in [2.45, 2.75) is 13.0 Å². The van der Waals surface area contributed by atoms with E-state index in [9.17, 15) is 9.59 Å². The summed E-state index contributed by atoms with van der Waals surface area (Å²) in [5, 5.41) is 8.85. The molecule has 0 fully saturated rings. The van der Waals surface area contributed by atoms with E-state index in [1.165, 1.54) is 32.2 Å². The molecule has 6 heteroatoms. The minimum atomic E-state index is -1.15. The van der Waals surface area contributed by atoms with Gasteiger partial charge < -0.3 is 20.3 Å². The molecule has 0 amide bonds. The highest BCUT2D eigenvalue weighted by atomic mass is 16.6. The van der Waals surface area contributed by atoms with Crippen LogP contribution in [0.3, 0.4) is 0 Å². The Labute approximate surface area is 97.9 Å². The fourth-order valence-corrected chi connectivity index (χ4v) is 1.21. The molecule has 92 valence electrons. The molecule has 0 aliphatic rings. The number of anilines is 1. The third-order valence-corrected chi connectivity index (χ3v) is 2.10. The molecule has 1 aromatic rings. The van der Waals surface area contributed by atoms with Crippen molar-refractivity contribution in [1.29, 1.82) is 0 Å². The molecule has 0 bridgehead atoms. The van der Waals surface area contributed by atoms with Gasteiger partial charge in [0.15, 0.2) is 6.10 Å². The van der Waals surface area contributed by atoms with Crippen LogP contribution in [-0.4, -0.2) is 30.3 Å². The lowest BCUT2D eigenvalue weighted by Gasteiger charge is -2.13. The van der Waals surface area contributed by atoms with Gasteiger partial charge in [-0.1, -0.05) is 0 Å². The fourth-order valence-electron chi connectivity index (χ4n) is 1.21. The van der Waals surface area contributed by atoms with E-state index >= 15 is 0 Å². The molecule has 1 rings (SSSR count). The molecule has 17 heavy (non-hydrogen) atoms. The van der Waals surface area contributed by atoms with Gasteiger partial charge >= 0.3 is 11.9 Å². The van der Waals surface area contributed by atoms with E-state index in [4.69, 9.17) is 15.6 Å². The minimum absolute atomic E-state index is 0.0698. The second-order valence-corrected chi connectivity index (χ2v) is 3.34. The van der Waals surface area contributed by atoms with Crippen molar-refractivity contribution < 1.29 is 24.2 Å². The average molecular weight is 239 g/mol. The number of hydrogen-bond donors (Lipinski definition) is 2. The van der Waals surface area contributed by atoms with Crippen molar-refractivity contribution in [2.24, 2.45) is 0 Å². The number of aromatic carboxylic acids is 1. The van der Waals surface area contributed by atoms with Crippen LogP contribution < -0.4 is 10.5 Å². The Morgan fingerprint density at radius 2 is 2.06 bits per heavy atom. The highest BCUT2D eigenvalue weighted by molar-refractivity contribution is 5.94. The fraction of sp³-hybridized carbons (Fsp3) is 0.273. The Balaban J connectivity index is 2.90. The summed E-state index contributed by atoms with van der Waals surface area (Å²) in [6.07, 6.45) is -0.815. The lowest BCUT2D eigenvalue weighted by Crippen LogP contribution is -2.25. The molecule has 1 atom stereocenters. The summed E-state index contributed by atoms with van der Waals surface area (Å²) in [6, 6.07) is 4.15. The van der Waals surface area contributed by atoms with Crippen LogP contribution >= 0.6 is 0 Å². The van der Waals surface area contributed by atoms with Gasteiger partial charge in [0.2, 0.25) is 0 Å². The molecule has 0 aromatic heterocycles. The molecular weight excluding hydrogens is 226 g/mol. The van der Waals surface area contributed by atoms with Crippen LogP contribution in [0.15, 0.2) is 18.2 Å². The highest BCUT2D eigenvalue weighted by Crippen LogP contribution is 2.20. The van der Waals surface area contributed by atoms with Crippen molar-refractivity contribution in [3.8, 4) is 5.75 Å². The Hall–Kier alpha value is -2.24. The number of benzene rings is 1. The van der Waals surface area contributed by atoms with Crippen molar-refractivity contribution in [2.75, 3.05) is 12.8 Å². The van der Waals surface area contributed by atoms with Gasteiger partial charge in [0, 0.05) is 5.69 Å². The number of rotatable bonds is 4. The number of nitrogens with two attached hydrogens (primary N) is 1. The molecule has 0 aliphatic carbocycles. The first kappa shape index (κ1) is 12.8. The maximum Gasteiger partial charge on any atom is 0.346 e. The first-order valence-electron chi connectivity index (χ1n) is 4.83. The molecule has 0 saturated carbocycles. The third kappa shape index (κ3) is 3.10. The first-order chi connectivity index (χ1) is 7.95. The first-order valence-corrected chi connectivity index (χ1v) is 4.83. The normalized spacial score (nSPS) is 11.6. The maximum atomic E-state index is 11.1. The van der Waals surface area contributed by atoms with E-state index in [1.54, 1.807) is 0 Å². The molecule has 0 radical (unpaired) electrons. The maximum absolute atomic E-state index is 11.1. The van der Waals surface area contributed by atoms with Crippen molar-refractivity contribution >= 4 is 17.6 Å². The molecule has 6 nitrogen and oxygen atoms in total. The highest BCUT2D eigenvalue weighted by Gasteiger charge is 2.16. The lowest BCUT2D eigenvalue weighted by atomic mass is 10.2. The third-order valence-electron chi connectivity index (χ3n) is 2.10. The van der Waals surface area contributed by atoms with Gasteiger partial charge in [0.05, 0.1) is 12.7 Å². The van der Waals surface area contributed by atoms with E-state index in [0.29, 0.717) is 0 Å². The average Bonchev–Trinajstić information content (AvgIpc) is 2.30. The molecule has 0 saturated heterocycles. The number of esters is 1. The van der Waals surface area contributed by atoms with Gasteiger partial charge in [0.25, 0.3) is 0 Å². The quantitative estimate of drug-likeness (QED) is 0.598. The Morgan fingerprint density at radius 1 is 1.41 bits per heavy atom. The van der Waals surface area contributed by atoms with E-state index in [1.807, 2.05) is 0 Å². The Kier molecular flexibility index (Phi) is 3.92. The molecule has 1 unspecified atom stereocenters. The monoisotopic (exact) mass is 239 g/mol. The number of hydrogen-bond acceptors (Lipinski definition) is 5. The molecule has 0 aliphatic heterocycles. The standard InChI is InChI=1S/C11H13NO5/c1-6(11(15)16-2)17-7-3-4-9(12)8(5-7)10(13)14/h3-6H,12H2,1-2H3,(H,13,14). The van der Waals surface area contributed by atoms with Gasteiger partial charge in [-0.3, -0.25) is 0 Å². The van der Waals surface area contributed by atoms with E-state index < -0.39 is 18.0 Å². The van der Waals surface area contributed by atoms with E-state index in [-0.39, 0.29) is 17.0 Å². The molecule has 1 aromatic carbocycles. The predicted molar refractivity (Wildman–Crippen MR) is 59.9 cm³/mol. The van der Waals surface area contributed by atoms with Crippen LogP contribution in [0.5, 0.6) is 5.75 Å². The van der Waals surface area contributed by atoms with Crippen molar-refractivity contribution in [1.82, 2.24) is 0 Å². The molecular formula is C11H13NO5. The zero-order valence-electron chi connectivity index (χ0n) is 9.47. The van der Waals surface area contributed by atoms with Crippen LogP contribution in [0.2, 0.25) is 0 Å². The number of methoxy groups -OCH3 is 1. The van der Waals surface area contributed by atoms with Gasteiger partial charge in [-0.2, -0.15) is 0 Å². The number of carboxylic acid groups (broad SMARTS) is 1. The SMILES string of the molecule is COC(=O)C(C)Oc1ccc(N)c(C(=O)O)c1. The lowest BCUT2D eigenvalue weighted by molar-refractivity contribution is -0.147. The number of carbonyl (C=O) groups excluding carboxylic acids is 1. The number of carbonyl (C=O) groups is 2. The van der Waals surface area contributed by atoms with Crippen molar-refractivity contribution in [3.63, 3.8) is 0 Å². The van der Waals surface area contributed by atoms with Gasteiger partial charge in [-0.15, -0.1) is 0 Å². The molecule has 0 spiro atoms. The van der Waals surface area contributed by atoms with Crippen molar-refractivity contribution in [3.05, 3.63) is 23.8 Å². The Bertz CT molecular complexity index is 443. The topological polar surface area (TPSA) is 98.9 Å². The summed E-state index contributed by atoms with van der Waals surface area (Å²) >= 11 is 0. The molecule has 3 N–H and O–H groups in total. The van der Waals surface area contributed by atoms with Crippen LogP contribution in [0.1, 0.15) is 17.3 Å². The van der Waals surface area contributed by atoms with E-state index in [0.717, 1.165) is 0 Å². The second-order valence-electron chi connectivity index (χ2n) is 3.34. The Morgan fingerprint density at radius 3 is 2.59 bits per heavy atom. The van der Waals surface area contributed by atoms with Crippen LogP contribution in [0.4, 0.5) is 5.69 Å². The summed E-state index contributed by atoms with van der Waals surface area (Å²) in [6.45, 7) is 1.50. The van der Waals surface area contributed by atoms with Gasteiger partial charge in [-0.25, -0.2) is 9.59 Å². The number of ether oxygens (including phenoxy) is 2. The summed E-state index contributed by atoms with van der Waals surface area (Å²) in [4.78, 5) is 21.9. The van der Waals surface area contributed by atoms with Gasteiger partial charge in [-0.05, 0) is 25.1 Å². The second kappa shape index (κ2) is 5.20. The van der Waals surface area contributed by atoms with E-state index in [2.05, 4.69) is 4.74 Å². The predicted octanol–water partition coefficient (Wildman–Crippen LogP) is 0.907. The zero-order chi connectivity index (χ0) is 13.0. The number of nitrogen functional groups attached to an aromatic ring is 1. The van der Waals surface area contributed by atoms with Crippen LogP contribution in [0, 0.1) is 0 Å². The summed E-state index contributed by atoms with van der Waals surface area (Å²) in [5.74, 6) is -1.45. The summed E-state index contributed by atoms with van der Waals surface area (Å²) in [5.41, 5.74) is 5.54. The molecule has 0 heterocycles. The smallest absolute Gasteiger partial charge is 0.346 e. The number of carboxylic acids is 1.